The van der Waals surface area contributed by atoms with Crippen molar-refractivity contribution in [1.82, 2.24) is 9.62 Å². The number of piperidine rings is 1. The highest BCUT2D eigenvalue weighted by atomic mass is 32.2. The van der Waals surface area contributed by atoms with Crippen LogP contribution in [0.5, 0.6) is 0 Å². The zero-order valence-corrected chi connectivity index (χ0v) is 28.8. The maximum absolute atomic E-state index is 12.9. The van der Waals surface area contributed by atoms with Crippen LogP contribution in [0.3, 0.4) is 0 Å². The lowest BCUT2D eigenvalue weighted by Gasteiger charge is -2.50. The Morgan fingerprint density at radius 1 is 1.07 bits per heavy atom. The second kappa shape index (κ2) is 10.6. The minimum atomic E-state index is -3.33. The Labute approximate surface area is 271 Å². The van der Waals surface area contributed by atoms with Crippen LogP contribution in [0.15, 0.2) is 42.0 Å². The fourth-order valence-corrected chi connectivity index (χ4v) is 14.1. The molecule has 0 amide bonds. The van der Waals surface area contributed by atoms with Crippen molar-refractivity contribution in [2.24, 2.45) is 45.8 Å². The van der Waals surface area contributed by atoms with E-state index in [0.29, 0.717) is 36.3 Å². The molecule has 7 heteroatoms. The fourth-order valence-electron chi connectivity index (χ4n) is 13.1. The van der Waals surface area contributed by atoms with Gasteiger partial charge in [0, 0.05) is 37.0 Å². The van der Waals surface area contributed by atoms with Gasteiger partial charge in [-0.15, -0.1) is 0 Å². The number of aliphatic hydroxyl groups is 1. The van der Waals surface area contributed by atoms with E-state index in [9.17, 15) is 13.5 Å². The van der Waals surface area contributed by atoms with Gasteiger partial charge in [0.1, 0.15) is 0 Å². The summed E-state index contributed by atoms with van der Waals surface area (Å²) in [6.07, 6.45) is 13.6. The highest BCUT2D eigenvalue weighted by Crippen LogP contribution is 2.87. The molecule has 1 aromatic rings. The number of allylic oxidation sites excluding steroid dienone is 1. The Kier molecular flexibility index (Phi) is 7.33. The summed E-state index contributed by atoms with van der Waals surface area (Å²) in [6.45, 7) is 12.2. The molecule has 2 saturated heterocycles. The third-order valence-corrected chi connectivity index (χ3v) is 16.6. The van der Waals surface area contributed by atoms with Gasteiger partial charge in [-0.1, -0.05) is 69.7 Å². The van der Waals surface area contributed by atoms with Crippen molar-refractivity contribution < 1.29 is 18.3 Å². The van der Waals surface area contributed by atoms with Crippen LogP contribution in [-0.2, 0) is 21.2 Å². The van der Waals surface area contributed by atoms with Gasteiger partial charge in [-0.3, -0.25) is 4.90 Å². The van der Waals surface area contributed by atoms with Gasteiger partial charge in [-0.2, -0.15) is 0 Å². The Morgan fingerprint density at radius 2 is 1.87 bits per heavy atom. The van der Waals surface area contributed by atoms with Gasteiger partial charge in [-0.25, -0.2) is 13.1 Å². The molecule has 0 bridgehead atoms. The van der Waals surface area contributed by atoms with E-state index in [-0.39, 0.29) is 34.4 Å². The molecule has 2 N–H and O–H groups in total. The number of hydrogen-bond acceptors (Lipinski definition) is 5. The lowest BCUT2D eigenvalue weighted by molar-refractivity contribution is -0.148. The summed E-state index contributed by atoms with van der Waals surface area (Å²) in [4.78, 5) is 2.60. The molecular weight excluding hydrogens is 580 g/mol. The first-order valence-electron chi connectivity index (χ1n) is 18.2. The van der Waals surface area contributed by atoms with Gasteiger partial charge >= 0.3 is 0 Å². The average molecular weight is 637 g/mol. The standard InChI is InChI=1S/C38H56N2O4S/c1-25-20-33-34(40(23-25)18-17-39-45(42,43)19-14-27-8-6-5-7-9-27)26(2)38(44-33)16-13-31-30-11-10-28-21-29(41)12-15-35(28,3)32(30)22-37(31)24-36(37,38)4/h5-9,21,25-26,29-34,39,41H,10-20,22-24H2,1-4H3/t25-,26+,29-,30-,31-,32-,33+,34-,35-,36?,37?,38+/m0/s1. The third kappa shape index (κ3) is 4.56. The first kappa shape index (κ1) is 31.0. The van der Waals surface area contributed by atoms with E-state index in [1.54, 1.807) is 5.57 Å². The summed E-state index contributed by atoms with van der Waals surface area (Å²) in [6, 6.07) is 10.2. The lowest BCUT2D eigenvalue weighted by Crippen LogP contribution is -2.55. The molecule has 45 heavy (non-hydrogen) atoms. The number of ether oxygens (including phenoxy) is 1. The molecule has 7 aliphatic rings. The van der Waals surface area contributed by atoms with Crippen LogP contribution in [0.1, 0.15) is 91.0 Å². The zero-order valence-electron chi connectivity index (χ0n) is 28.0. The average Bonchev–Trinajstić information content (AvgIpc) is 3.35. The predicted molar refractivity (Wildman–Crippen MR) is 178 cm³/mol. The first-order chi connectivity index (χ1) is 21.4. The summed E-state index contributed by atoms with van der Waals surface area (Å²) < 4.78 is 36.2. The Bertz CT molecular complexity index is 1450. The minimum absolute atomic E-state index is 0.0772. The number of nitrogens with zero attached hydrogens (tertiary/aromatic N) is 1. The van der Waals surface area contributed by atoms with Gasteiger partial charge in [-0.05, 0) is 104 Å². The molecule has 4 saturated carbocycles. The number of fused-ring (bicyclic) bond motifs is 6. The summed E-state index contributed by atoms with van der Waals surface area (Å²) in [5.74, 6) is 3.50. The molecule has 0 radical (unpaired) electrons. The van der Waals surface area contributed by atoms with Crippen molar-refractivity contribution in [2.45, 2.75) is 116 Å². The largest absolute Gasteiger partial charge is 0.389 e. The van der Waals surface area contributed by atoms with Gasteiger partial charge in [0.25, 0.3) is 0 Å². The molecule has 248 valence electrons. The molecule has 6 nitrogen and oxygen atoms in total. The molecule has 2 spiro atoms. The topological polar surface area (TPSA) is 78.9 Å². The molecule has 2 heterocycles. The van der Waals surface area contributed by atoms with Crippen LogP contribution in [0.25, 0.3) is 0 Å². The number of aryl methyl sites for hydroxylation is 1. The number of benzene rings is 1. The number of likely N-dealkylation sites (tertiary alicyclic amines) is 1. The van der Waals surface area contributed by atoms with Crippen molar-refractivity contribution in [3.05, 3.63) is 47.5 Å². The van der Waals surface area contributed by atoms with E-state index in [1.165, 1.54) is 38.5 Å². The molecule has 8 rings (SSSR count). The molecule has 2 unspecified atom stereocenters. The number of hydrogen-bond donors (Lipinski definition) is 2. The fraction of sp³-hybridized carbons (Fsp3) is 0.789. The molecule has 6 fully saturated rings. The maximum atomic E-state index is 12.9. The smallest absolute Gasteiger partial charge is 0.211 e. The van der Waals surface area contributed by atoms with Crippen LogP contribution in [0.2, 0.25) is 0 Å². The molecule has 1 aromatic carbocycles. The van der Waals surface area contributed by atoms with Gasteiger partial charge in [0.05, 0.1) is 23.6 Å². The Hall–Kier alpha value is -1.25. The van der Waals surface area contributed by atoms with Crippen molar-refractivity contribution in [3.63, 3.8) is 0 Å². The third-order valence-electron chi connectivity index (χ3n) is 15.2. The van der Waals surface area contributed by atoms with E-state index in [4.69, 9.17) is 4.74 Å². The highest BCUT2D eigenvalue weighted by Gasteiger charge is 2.84. The van der Waals surface area contributed by atoms with E-state index >= 15 is 0 Å². The lowest BCUT2D eigenvalue weighted by atomic mass is 9.56. The van der Waals surface area contributed by atoms with Crippen molar-refractivity contribution in [3.8, 4) is 0 Å². The summed E-state index contributed by atoms with van der Waals surface area (Å²) in [5, 5.41) is 10.4. The van der Waals surface area contributed by atoms with E-state index in [2.05, 4.69) is 43.4 Å². The van der Waals surface area contributed by atoms with E-state index in [0.717, 1.165) is 55.7 Å². The number of aliphatic hydroxyl groups excluding tert-OH is 1. The van der Waals surface area contributed by atoms with Gasteiger partial charge in [0.2, 0.25) is 10.0 Å². The van der Waals surface area contributed by atoms with Crippen LogP contribution < -0.4 is 4.72 Å². The van der Waals surface area contributed by atoms with Crippen molar-refractivity contribution in [1.29, 1.82) is 0 Å². The quantitative estimate of drug-likeness (QED) is 0.362. The van der Waals surface area contributed by atoms with Crippen LogP contribution in [0, 0.1) is 45.8 Å². The Balaban J connectivity index is 0.980. The molecule has 5 aliphatic carbocycles. The van der Waals surface area contributed by atoms with Gasteiger partial charge < -0.3 is 9.84 Å². The van der Waals surface area contributed by atoms with Crippen LogP contribution in [-0.4, -0.2) is 67.7 Å². The number of nitrogens with one attached hydrogen (secondary N) is 1. The van der Waals surface area contributed by atoms with Crippen LogP contribution >= 0.6 is 0 Å². The normalized spacial score (nSPS) is 48.6. The molecule has 2 aliphatic heterocycles. The number of sulfonamides is 1. The second-order valence-corrected chi connectivity index (χ2v) is 19.1. The van der Waals surface area contributed by atoms with E-state index < -0.39 is 10.0 Å². The monoisotopic (exact) mass is 636 g/mol. The first-order valence-corrected chi connectivity index (χ1v) is 19.9. The van der Waals surface area contributed by atoms with Crippen molar-refractivity contribution in [2.75, 3.05) is 25.4 Å². The predicted octanol–water partition coefficient (Wildman–Crippen LogP) is 5.96. The summed E-state index contributed by atoms with van der Waals surface area (Å²) in [7, 11) is -3.33. The zero-order chi connectivity index (χ0) is 31.4. The minimum Gasteiger partial charge on any atom is -0.389 e. The van der Waals surface area contributed by atoms with E-state index in [1.807, 2.05) is 30.3 Å². The molecule has 0 aromatic heterocycles. The summed E-state index contributed by atoms with van der Waals surface area (Å²) in [5.41, 5.74) is 3.44. The highest BCUT2D eigenvalue weighted by molar-refractivity contribution is 7.89. The Morgan fingerprint density at radius 3 is 2.67 bits per heavy atom. The maximum Gasteiger partial charge on any atom is 0.211 e. The molecule has 12 atom stereocenters. The second-order valence-electron chi connectivity index (χ2n) is 17.1. The number of rotatable bonds is 7. The summed E-state index contributed by atoms with van der Waals surface area (Å²) >= 11 is 0. The SMILES string of the molecule is C[C@H]1C[C@H]2O[C@]3(CC[C@H]4[C@@H]5CCC6=C[C@@H](O)CC[C@]6(C)[C@H]5CC45CC53C)[C@H](C)[C@@H]2N(CCNS(=O)(=O)CCc2ccccc2)C1. The van der Waals surface area contributed by atoms with Gasteiger partial charge in [0.15, 0.2) is 0 Å². The van der Waals surface area contributed by atoms with Crippen LogP contribution in [0.4, 0.5) is 0 Å². The molecular formula is C38H56N2O4S. The van der Waals surface area contributed by atoms with Crippen molar-refractivity contribution >= 4 is 10.0 Å².